The van der Waals surface area contributed by atoms with Crippen LogP contribution in [0.5, 0.6) is 0 Å². The third-order valence-electron chi connectivity index (χ3n) is 5.62. The molecule has 0 spiro atoms. The largest absolute Gasteiger partial charge is 0.788 e. The Hall–Kier alpha value is 0.510. The molecule has 0 aromatic carbocycles. The molecule has 3 aliphatic heterocycles. The van der Waals surface area contributed by atoms with Gasteiger partial charge in [0.15, 0.2) is 0 Å². The lowest BCUT2D eigenvalue weighted by Crippen LogP contribution is -2.38. The van der Waals surface area contributed by atoms with Crippen molar-refractivity contribution in [2.45, 2.75) is 67.4 Å². The fourth-order valence-electron chi connectivity index (χ4n) is 4.05. The molecule has 0 aromatic heterocycles. The van der Waals surface area contributed by atoms with Crippen LogP contribution in [0.15, 0.2) is 0 Å². The van der Waals surface area contributed by atoms with E-state index in [1.807, 2.05) is 0 Å². The summed E-state index contributed by atoms with van der Waals surface area (Å²) in [5.41, 5.74) is 0. The molecular formula is C20H41B4NO13P3-3. The van der Waals surface area contributed by atoms with Gasteiger partial charge in [-0.2, -0.15) is 0 Å². The van der Waals surface area contributed by atoms with Gasteiger partial charge < -0.3 is 61.0 Å². The maximum absolute atomic E-state index is 11.6. The van der Waals surface area contributed by atoms with Gasteiger partial charge in [-0.05, 0) is 26.2 Å². The van der Waals surface area contributed by atoms with Crippen LogP contribution in [0.4, 0.5) is 0 Å². The minimum absolute atomic E-state index is 0.154. The average molecular weight is 640 g/mol. The van der Waals surface area contributed by atoms with Crippen LogP contribution in [0.2, 0.25) is 0 Å². The molecule has 3 saturated heterocycles. The Bertz CT molecular complexity index is 862. The van der Waals surface area contributed by atoms with Crippen molar-refractivity contribution >= 4 is 53.5 Å². The molecule has 1 N–H and O–H groups in total. The molecule has 3 aliphatic rings. The number of nitrogens with one attached hydrogen (secondary N) is 1. The van der Waals surface area contributed by atoms with Gasteiger partial charge in [0.1, 0.15) is 49.4 Å². The van der Waals surface area contributed by atoms with Crippen LogP contribution in [-0.4, -0.2) is 147 Å². The quantitative estimate of drug-likeness (QED) is 0.187. The van der Waals surface area contributed by atoms with E-state index in [1.54, 1.807) is 13.8 Å². The average Bonchev–Trinajstić information content (AvgIpc) is 3.43. The monoisotopic (exact) mass is 640 g/mol. The van der Waals surface area contributed by atoms with E-state index < -0.39 is 46.6 Å². The molecule has 234 valence electrons. The van der Waals surface area contributed by atoms with E-state index in [4.69, 9.17) is 61.0 Å². The topological polar surface area (TPSA) is 183 Å². The highest BCUT2D eigenvalue weighted by atomic mass is 31.2. The van der Waals surface area contributed by atoms with Crippen molar-refractivity contribution in [3.05, 3.63) is 0 Å². The van der Waals surface area contributed by atoms with E-state index >= 15 is 0 Å². The van der Waals surface area contributed by atoms with Gasteiger partial charge in [-0.15, -0.1) is 0 Å². The molecule has 0 bridgehead atoms. The Morgan fingerprint density at radius 2 is 1.41 bits per heavy atom. The SMILES string of the molecule is [B][C@@H]1OCC(OC)[C@@H]1OP(C)(=O)[O-].[B][C@H]1CC(NP(C)(=O)[O-])[C@@H](COC)O1.[B][C@H]1CC(OP([BH3-])(C)=O)[C@@H](COC)O1. The Kier molecular flexibility index (Phi) is 17.2. The first-order chi connectivity index (χ1) is 18.8. The number of ether oxygens (including phenoxy) is 6. The highest BCUT2D eigenvalue weighted by Crippen LogP contribution is 2.41. The number of methoxy groups -OCH3 is 3. The fourth-order valence-corrected chi connectivity index (χ4v) is 6.23. The molecule has 0 saturated carbocycles. The van der Waals surface area contributed by atoms with Gasteiger partial charge >= 0.3 is 0 Å². The Balaban J connectivity index is 0.000000308. The van der Waals surface area contributed by atoms with Crippen molar-refractivity contribution in [1.82, 2.24) is 5.09 Å². The zero-order chi connectivity index (χ0) is 31.6. The van der Waals surface area contributed by atoms with E-state index in [2.05, 4.69) is 5.09 Å². The van der Waals surface area contributed by atoms with Gasteiger partial charge in [-0.1, -0.05) is 0 Å². The molecule has 3 heterocycles. The number of rotatable bonds is 11. The van der Waals surface area contributed by atoms with E-state index in [9.17, 15) is 23.5 Å². The summed E-state index contributed by atoms with van der Waals surface area (Å²) in [7, 11) is 11.4. The maximum Gasteiger partial charge on any atom is 0.132 e. The van der Waals surface area contributed by atoms with Crippen LogP contribution in [0, 0.1) is 0 Å². The zero-order valence-corrected chi connectivity index (χ0v) is 26.3. The summed E-state index contributed by atoms with van der Waals surface area (Å²) in [5, 5.41) is 2.50. The molecule has 3 rings (SSSR count). The fraction of sp³-hybridized carbons (Fsp3) is 1.00. The van der Waals surface area contributed by atoms with Crippen LogP contribution in [-0.2, 0) is 51.2 Å². The van der Waals surface area contributed by atoms with E-state index in [0.29, 0.717) is 26.1 Å². The molecule has 3 fully saturated rings. The summed E-state index contributed by atoms with van der Waals surface area (Å²) in [6, 6.07) is -1.75. The van der Waals surface area contributed by atoms with Gasteiger partial charge in [0, 0.05) is 59.3 Å². The third kappa shape index (κ3) is 16.4. The van der Waals surface area contributed by atoms with Crippen molar-refractivity contribution < 1.29 is 61.0 Å². The summed E-state index contributed by atoms with van der Waals surface area (Å²) in [4.78, 5) is 21.9. The summed E-state index contributed by atoms with van der Waals surface area (Å²) in [5.74, 6) is 0. The van der Waals surface area contributed by atoms with Crippen molar-refractivity contribution in [2.24, 2.45) is 0 Å². The first kappa shape index (κ1) is 39.5. The van der Waals surface area contributed by atoms with Crippen LogP contribution in [0.1, 0.15) is 12.8 Å². The van der Waals surface area contributed by atoms with E-state index in [0.717, 1.165) is 13.3 Å². The summed E-state index contributed by atoms with van der Waals surface area (Å²) < 4.78 is 74.2. The van der Waals surface area contributed by atoms with Crippen LogP contribution in [0.25, 0.3) is 0 Å². The van der Waals surface area contributed by atoms with Crippen molar-refractivity contribution in [2.75, 3.05) is 61.1 Å². The predicted octanol–water partition coefficient (Wildman–Crippen LogP) is -2.36. The van der Waals surface area contributed by atoms with E-state index in [-0.39, 0.29) is 44.5 Å². The normalized spacial score (nSPS) is 37.5. The molecule has 12 atom stereocenters. The minimum Gasteiger partial charge on any atom is -0.788 e. The molecule has 14 nitrogen and oxygen atoms in total. The van der Waals surface area contributed by atoms with Crippen LogP contribution < -0.4 is 14.9 Å². The molecule has 21 heteroatoms. The Morgan fingerprint density at radius 1 is 0.878 bits per heavy atom. The minimum atomic E-state index is -3.79. The number of hydrogen-bond acceptors (Lipinski definition) is 13. The van der Waals surface area contributed by atoms with Gasteiger partial charge in [-0.25, -0.2) is 0 Å². The lowest BCUT2D eigenvalue weighted by molar-refractivity contribution is -0.203. The molecule has 0 aromatic rings. The molecule has 0 aliphatic carbocycles. The highest BCUT2D eigenvalue weighted by molar-refractivity contribution is 7.82. The second-order valence-corrected chi connectivity index (χ2v) is 14.2. The van der Waals surface area contributed by atoms with Gasteiger partial charge in [-0.3, -0.25) is 5.09 Å². The van der Waals surface area contributed by atoms with Gasteiger partial charge in [0.2, 0.25) is 0 Å². The second kappa shape index (κ2) is 17.9. The smallest absolute Gasteiger partial charge is 0.132 e. The van der Waals surface area contributed by atoms with Gasteiger partial charge in [0.25, 0.3) is 0 Å². The summed E-state index contributed by atoms with van der Waals surface area (Å²) >= 11 is 0. The lowest BCUT2D eigenvalue weighted by atomic mass is 9.94. The summed E-state index contributed by atoms with van der Waals surface area (Å²) in [6.07, 6.45) is -0.681. The third-order valence-corrected chi connectivity index (χ3v) is 7.61. The first-order valence-electron chi connectivity index (χ1n) is 12.3. The van der Waals surface area contributed by atoms with Gasteiger partial charge in [0.05, 0.1) is 47.1 Å². The van der Waals surface area contributed by atoms with Crippen molar-refractivity contribution in [1.29, 1.82) is 0 Å². The standard InChI is InChI=1S/C7H16B2O4P.C7H15BNO4P.C6H12BO5P/c1-11-4-6-5(3-7(8)12-6)13-14(2,9)10;1-12-4-6-5(3-7(8)13-6)9-14(2,10)11;1-10-4-3-11-6(7)5(4)12-13(2,8)9/h5-7H,3-4H2,1-2,9H3;5-7H,3-4H2,1-2H3,(H2,9,10,11);4-6H,3H2,1-2H3,(H,8,9)/q-1;;/p-2/t5?,6-,7-,14?;5?,6-,7-;4?,5-,6+/m110/s1. The lowest BCUT2D eigenvalue weighted by Gasteiger charge is -2.27. The first-order valence-corrected chi connectivity index (χ1v) is 18.0. The molecular weight excluding hydrogens is 598 g/mol. The Labute approximate surface area is 248 Å². The molecule has 0 amide bonds. The number of hydrogen-bond donors (Lipinski definition) is 1. The van der Waals surface area contributed by atoms with E-state index in [1.165, 1.54) is 14.2 Å². The van der Waals surface area contributed by atoms with Crippen molar-refractivity contribution in [3.8, 4) is 0 Å². The molecule has 41 heavy (non-hydrogen) atoms. The highest BCUT2D eigenvalue weighted by Gasteiger charge is 2.37. The Morgan fingerprint density at radius 3 is 1.90 bits per heavy atom. The van der Waals surface area contributed by atoms with Crippen molar-refractivity contribution in [3.63, 3.8) is 0 Å². The maximum atomic E-state index is 11.6. The second-order valence-electron chi connectivity index (χ2n) is 9.39. The zero-order valence-electron chi connectivity index (χ0n) is 23.6. The predicted molar refractivity (Wildman–Crippen MR) is 155 cm³/mol. The molecule has 6 unspecified atom stereocenters. The summed E-state index contributed by atoms with van der Waals surface area (Å²) in [6.45, 7) is 4.86. The van der Waals surface area contributed by atoms with Crippen LogP contribution >= 0.6 is 22.4 Å². The molecule has 6 radical (unpaired) electrons. The van der Waals surface area contributed by atoms with Crippen LogP contribution in [0.3, 0.4) is 0 Å².